The number of hydrazone groups is 1. The fourth-order valence-corrected chi connectivity index (χ4v) is 2.95. The van der Waals surface area contributed by atoms with Crippen molar-refractivity contribution in [3.05, 3.63) is 59.1 Å². The van der Waals surface area contributed by atoms with Crippen LogP contribution in [0, 0.1) is 0 Å². The first kappa shape index (κ1) is 23.2. The molecule has 0 spiro atoms. The molecule has 1 aliphatic heterocycles. The lowest BCUT2D eigenvalue weighted by Crippen LogP contribution is -2.35. The molecule has 2 aromatic rings. The number of carbonyl (C=O) groups excluding carboxylic acids is 3. The van der Waals surface area contributed by atoms with Gasteiger partial charge in [0.25, 0.3) is 5.91 Å². The smallest absolute Gasteiger partial charge is 0.329 e. The van der Waals surface area contributed by atoms with Crippen LogP contribution in [0.4, 0.5) is 5.69 Å². The molecule has 1 heterocycles. The van der Waals surface area contributed by atoms with E-state index in [0.29, 0.717) is 28.6 Å². The normalized spacial score (nSPS) is 15.3. The van der Waals surface area contributed by atoms with Gasteiger partial charge >= 0.3 is 11.8 Å². The van der Waals surface area contributed by atoms with Crippen LogP contribution >= 0.6 is 11.6 Å². The second-order valence-corrected chi connectivity index (χ2v) is 7.39. The molecule has 1 atom stereocenters. The van der Waals surface area contributed by atoms with Crippen LogP contribution < -0.4 is 20.8 Å². The van der Waals surface area contributed by atoms with Gasteiger partial charge in [0.1, 0.15) is 5.75 Å². The highest BCUT2D eigenvalue weighted by Crippen LogP contribution is 2.13. The van der Waals surface area contributed by atoms with Crippen LogP contribution in [0.5, 0.6) is 5.75 Å². The predicted molar refractivity (Wildman–Crippen MR) is 120 cm³/mol. The van der Waals surface area contributed by atoms with Gasteiger partial charge in [0, 0.05) is 23.9 Å². The fraction of sp³-hybridized carbons (Fsp3) is 0.273. The monoisotopic (exact) mass is 458 g/mol. The Bertz CT molecular complexity index is 957. The van der Waals surface area contributed by atoms with Crippen molar-refractivity contribution in [3.8, 4) is 5.75 Å². The highest BCUT2D eigenvalue weighted by Gasteiger charge is 2.16. The van der Waals surface area contributed by atoms with Crippen molar-refractivity contribution < 1.29 is 23.9 Å². The minimum Gasteiger partial charge on any atom is -0.484 e. The number of hydrogen-bond acceptors (Lipinski definition) is 6. The lowest BCUT2D eigenvalue weighted by molar-refractivity contribution is -0.136. The van der Waals surface area contributed by atoms with Crippen molar-refractivity contribution >= 4 is 41.2 Å². The lowest BCUT2D eigenvalue weighted by atomic mass is 10.2. The Hall–Kier alpha value is -3.43. The molecular weight excluding hydrogens is 436 g/mol. The summed E-state index contributed by atoms with van der Waals surface area (Å²) in [6, 6.07) is 13.1. The predicted octanol–water partition coefficient (Wildman–Crippen LogP) is 2.10. The molecule has 3 N–H and O–H groups in total. The summed E-state index contributed by atoms with van der Waals surface area (Å²) in [7, 11) is 0. The first-order chi connectivity index (χ1) is 15.5. The summed E-state index contributed by atoms with van der Waals surface area (Å²) in [6.45, 7) is 1.13. The summed E-state index contributed by atoms with van der Waals surface area (Å²) in [6.07, 6.45) is 3.44. The zero-order chi connectivity index (χ0) is 22.8. The Kier molecular flexibility index (Phi) is 8.59. The molecule has 0 aliphatic carbocycles. The number of carbonyl (C=O) groups is 3. The van der Waals surface area contributed by atoms with Gasteiger partial charge in [-0.15, -0.1) is 0 Å². The van der Waals surface area contributed by atoms with Crippen LogP contribution in [0.25, 0.3) is 0 Å². The number of benzene rings is 2. The molecule has 0 aromatic heterocycles. The molecule has 1 aliphatic rings. The molecule has 0 saturated carbocycles. The van der Waals surface area contributed by atoms with Gasteiger partial charge in [0.15, 0.2) is 6.61 Å². The van der Waals surface area contributed by atoms with E-state index in [1.54, 1.807) is 48.5 Å². The molecule has 2 aromatic carbocycles. The first-order valence-corrected chi connectivity index (χ1v) is 10.4. The van der Waals surface area contributed by atoms with Gasteiger partial charge < -0.3 is 20.1 Å². The minimum absolute atomic E-state index is 0.0847. The second-order valence-electron chi connectivity index (χ2n) is 6.96. The number of hydrogen-bond donors (Lipinski definition) is 3. The number of ether oxygens (including phenoxy) is 2. The standard InChI is InChI=1S/C22H23ClN4O5/c23-16-5-7-17(8-6-16)26-21(29)22(30)27-25-12-15-3-9-18(10-4-15)32-14-20(28)24-13-19-2-1-11-31-19/h3-10,12,19H,1-2,11,13-14H2,(H,24,28)(H,26,29)(H,27,30)/b25-12-/t19-/m1/s1. The maximum absolute atomic E-state index is 11.8. The molecular formula is C22H23ClN4O5. The largest absolute Gasteiger partial charge is 0.484 e. The van der Waals surface area contributed by atoms with Crippen molar-refractivity contribution in [2.24, 2.45) is 5.10 Å². The van der Waals surface area contributed by atoms with Gasteiger partial charge in [-0.05, 0) is 66.9 Å². The van der Waals surface area contributed by atoms with Crippen LogP contribution in [0.3, 0.4) is 0 Å². The summed E-state index contributed by atoms with van der Waals surface area (Å²) < 4.78 is 10.9. The molecule has 0 bridgehead atoms. The van der Waals surface area contributed by atoms with Crippen molar-refractivity contribution in [1.29, 1.82) is 0 Å². The molecule has 9 nitrogen and oxygen atoms in total. The average molecular weight is 459 g/mol. The Balaban J connectivity index is 1.37. The SMILES string of the molecule is O=C(COc1ccc(/C=N\NC(=O)C(=O)Nc2ccc(Cl)cc2)cc1)NC[C@H]1CCCO1. The first-order valence-electron chi connectivity index (χ1n) is 10.0. The number of amides is 3. The van der Waals surface area contributed by atoms with Gasteiger partial charge in [0.2, 0.25) is 0 Å². The highest BCUT2D eigenvalue weighted by atomic mass is 35.5. The summed E-state index contributed by atoms with van der Waals surface area (Å²) in [5, 5.41) is 9.50. The van der Waals surface area contributed by atoms with Gasteiger partial charge in [0.05, 0.1) is 12.3 Å². The highest BCUT2D eigenvalue weighted by molar-refractivity contribution is 6.39. The van der Waals surface area contributed by atoms with Crippen molar-refractivity contribution in [3.63, 3.8) is 0 Å². The maximum Gasteiger partial charge on any atom is 0.329 e. The third-order valence-electron chi connectivity index (χ3n) is 4.49. The van der Waals surface area contributed by atoms with Crippen LogP contribution in [0.15, 0.2) is 53.6 Å². The van der Waals surface area contributed by atoms with Gasteiger partial charge in [-0.2, -0.15) is 5.10 Å². The summed E-state index contributed by atoms with van der Waals surface area (Å²) in [5.41, 5.74) is 3.26. The number of nitrogens with one attached hydrogen (secondary N) is 3. The molecule has 168 valence electrons. The number of nitrogens with zero attached hydrogens (tertiary/aromatic N) is 1. The van der Waals surface area contributed by atoms with Gasteiger partial charge in [-0.1, -0.05) is 11.6 Å². The number of rotatable bonds is 8. The molecule has 0 radical (unpaired) electrons. The Morgan fingerprint density at radius 1 is 1.09 bits per heavy atom. The van der Waals surface area contributed by atoms with E-state index in [9.17, 15) is 14.4 Å². The molecule has 32 heavy (non-hydrogen) atoms. The van der Waals surface area contributed by atoms with Gasteiger partial charge in [-0.3, -0.25) is 14.4 Å². The van der Waals surface area contributed by atoms with Crippen LogP contribution in [-0.4, -0.2) is 49.8 Å². The average Bonchev–Trinajstić information content (AvgIpc) is 3.32. The van der Waals surface area contributed by atoms with Crippen molar-refractivity contribution in [2.75, 3.05) is 25.1 Å². The molecule has 3 rings (SSSR count). The fourth-order valence-electron chi connectivity index (χ4n) is 2.82. The van der Waals surface area contributed by atoms with E-state index >= 15 is 0 Å². The van der Waals surface area contributed by atoms with E-state index in [4.69, 9.17) is 21.1 Å². The maximum atomic E-state index is 11.8. The quantitative estimate of drug-likeness (QED) is 0.318. The molecule has 3 amide bonds. The zero-order valence-electron chi connectivity index (χ0n) is 17.2. The Morgan fingerprint density at radius 2 is 1.84 bits per heavy atom. The minimum atomic E-state index is -0.912. The van der Waals surface area contributed by atoms with E-state index in [2.05, 4.69) is 21.2 Å². The van der Waals surface area contributed by atoms with E-state index in [1.165, 1.54) is 6.21 Å². The Labute approximate surface area is 190 Å². The third-order valence-corrected chi connectivity index (χ3v) is 4.74. The van der Waals surface area contributed by atoms with Crippen LogP contribution in [0.1, 0.15) is 18.4 Å². The second kappa shape index (κ2) is 11.8. The summed E-state index contributed by atoms with van der Waals surface area (Å²) in [4.78, 5) is 35.5. The Morgan fingerprint density at radius 3 is 2.53 bits per heavy atom. The summed E-state index contributed by atoms with van der Waals surface area (Å²) in [5.74, 6) is -1.47. The van der Waals surface area contributed by atoms with Gasteiger partial charge in [-0.25, -0.2) is 5.43 Å². The molecule has 1 fully saturated rings. The van der Waals surface area contributed by atoms with Crippen LogP contribution in [0.2, 0.25) is 5.02 Å². The van der Waals surface area contributed by atoms with Crippen LogP contribution in [-0.2, 0) is 19.1 Å². The molecule has 10 heteroatoms. The van der Waals surface area contributed by atoms with Crippen molar-refractivity contribution in [1.82, 2.24) is 10.7 Å². The van der Waals surface area contributed by atoms with E-state index < -0.39 is 11.8 Å². The molecule has 1 saturated heterocycles. The summed E-state index contributed by atoms with van der Waals surface area (Å²) >= 11 is 5.77. The number of anilines is 1. The van der Waals surface area contributed by atoms with E-state index in [1.807, 2.05) is 0 Å². The third kappa shape index (κ3) is 7.68. The van der Waals surface area contributed by atoms with E-state index in [-0.39, 0.29) is 18.6 Å². The van der Waals surface area contributed by atoms with E-state index in [0.717, 1.165) is 19.4 Å². The molecule has 0 unspecified atom stereocenters. The zero-order valence-corrected chi connectivity index (χ0v) is 17.9. The lowest BCUT2D eigenvalue weighted by Gasteiger charge is -2.11. The topological polar surface area (TPSA) is 118 Å². The number of halogens is 1. The van der Waals surface area contributed by atoms with Crippen molar-refractivity contribution in [2.45, 2.75) is 18.9 Å².